The second-order valence-electron chi connectivity index (χ2n) is 6.73. The highest BCUT2D eigenvalue weighted by molar-refractivity contribution is 5.90. The fraction of sp³-hybridized carbons (Fsp3) is 0.556. The van der Waals surface area contributed by atoms with Crippen LogP contribution in [0.5, 0.6) is 5.75 Å². The van der Waals surface area contributed by atoms with Gasteiger partial charge in [-0.25, -0.2) is 4.79 Å². The number of nitrogens with zero attached hydrogens (tertiary/aromatic N) is 1. The Balaban J connectivity index is 1.61. The molecule has 2 fully saturated rings. The highest BCUT2D eigenvalue weighted by atomic mass is 16.5. The molecule has 0 spiro atoms. The Morgan fingerprint density at radius 1 is 1.40 bits per heavy atom. The van der Waals surface area contributed by atoms with Crippen molar-refractivity contribution in [2.75, 3.05) is 38.7 Å². The molecule has 0 aromatic heterocycles. The van der Waals surface area contributed by atoms with Gasteiger partial charge >= 0.3 is 12.0 Å². The number of hydrogen-bond donors (Lipinski definition) is 2. The third kappa shape index (κ3) is 3.56. The maximum atomic E-state index is 12.5. The zero-order valence-electron chi connectivity index (χ0n) is 14.4. The summed E-state index contributed by atoms with van der Waals surface area (Å²) < 4.78 is 10.5. The molecule has 1 saturated carbocycles. The largest absolute Gasteiger partial charge is 0.491 e. The lowest BCUT2D eigenvalue weighted by Gasteiger charge is -2.23. The molecule has 136 valence electrons. The van der Waals surface area contributed by atoms with Crippen molar-refractivity contribution in [3.63, 3.8) is 0 Å². The lowest BCUT2D eigenvalue weighted by Crippen LogP contribution is -2.38. The molecule has 1 aromatic carbocycles. The minimum Gasteiger partial charge on any atom is -0.491 e. The average molecular weight is 348 g/mol. The molecule has 1 aliphatic heterocycles. The van der Waals surface area contributed by atoms with Gasteiger partial charge in [-0.2, -0.15) is 0 Å². The molecule has 3 rings (SSSR count). The molecular formula is C18H24N2O5. The molecule has 2 atom stereocenters. The number of carboxylic acid groups (broad SMARTS) is 1. The first kappa shape index (κ1) is 17.5. The van der Waals surface area contributed by atoms with Crippen molar-refractivity contribution in [2.24, 2.45) is 11.3 Å². The Bertz CT molecular complexity index is 650. The van der Waals surface area contributed by atoms with Gasteiger partial charge in [-0.15, -0.1) is 0 Å². The molecule has 0 unspecified atom stereocenters. The third-order valence-corrected chi connectivity index (χ3v) is 5.23. The molecule has 0 bridgehead atoms. The Hall–Kier alpha value is -2.28. The van der Waals surface area contributed by atoms with Crippen LogP contribution in [0.1, 0.15) is 19.3 Å². The van der Waals surface area contributed by atoms with E-state index in [0.717, 1.165) is 12.8 Å². The van der Waals surface area contributed by atoms with Crippen LogP contribution >= 0.6 is 0 Å². The number of methoxy groups -OCH3 is 1. The third-order valence-electron chi connectivity index (χ3n) is 5.23. The number of amides is 2. The van der Waals surface area contributed by atoms with Gasteiger partial charge in [0.15, 0.2) is 0 Å². The number of aliphatic carboxylic acids is 1. The van der Waals surface area contributed by atoms with Crippen LogP contribution in [0.15, 0.2) is 24.3 Å². The van der Waals surface area contributed by atoms with Crippen molar-refractivity contribution in [1.29, 1.82) is 0 Å². The van der Waals surface area contributed by atoms with Crippen molar-refractivity contribution < 1.29 is 24.2 Å². The second kappa shape index (κ2) is 7.31. The van der Waals surface area contributed by atoms with Crippen LogP contribution in [0.4, 0.5) is 10.5 Å². The number of rotatable bonds is 6. The minimum absolute atomic E-state index is 0.0551. The van der Waals surface area contributed by atoms with Gasteiger partial charge in [-0.1, -0.05) is 12.5 Å². The van der Waals surface area contributed by atoms with Gasteiger partial charge in [0, 0.05) is 32.0 Å². The lowest BCUT2D eigenvalue weighted by atomic mass is 9.81. The minimum atomic E-state index is -0.779. The summed E-state index contributed by atoms with van der Waals surface area (Å²) in [6.45, 7) is 1.71. The van der Waals surface area contributed by atoms with E-state index in [4.69, 9.17) is 9.47 Å². The predicted octanol–water partition coefficient (Wildman–Crippen LogP) is 2.43. The number of ether oxygens (including phenoxy) is 2. The first-order valence-electron chi connectivity index (χ1n) is 8.56. The maximum absolute atomic E-state index is 12.5. The van der Waals surface area contributed by atoms with Crippen LogP contribution in [0.3, 0.4) is 0 Å². The molecule has 2 N–H and O–H groups in total. The topological polar surface area (TPSA) is 88.1 Å². The summed E-state index contributed by atoms with van der Waals surface area (Å²) in [6.07, 6.45) is 2.45. The van der Waals surface area contributed by atoms with E-state index < -0.39 is 11.4 Å². The smallest absolute Gasteiger partial charge is 0.321 e. The molecule has 7 heteroatoms. The van der Waals surface area contributed by atoms with Gasteiger partial charge < -0.3 is 24.8 Å². The van der Waals surface area contributed by atoms with Crippen LogP contribution in [-0.2, 0) is 9.53 Å². The van der Waals surface area contributed by atoms with Crippen LogP contribution in [-0.4, -0.2) is 55.4 Å². The van der Waals surface area contributed by atoms with Crippen LogP contribution in [0.25, 0.3) is 0 Å². The number of hydrogen-bond acceptors (Lipinski definition) is 4. The monoisotopic (exact) mass is 348 g/mol. The van der Waals surface area contributed by atoms with Crippen molar-refractivity contribution in [1.82, 2.24) is 4.90 Å². The number of benzene rings is 1. The molecule has 2 aliphatic rings. The van der Waals surface area contributed by atoms with Crippen molar-refractivity contribution >= 4 is 17.7 Å². The Morgan fingerprint density at radius 2 is 2.24 bits per heavy atom. The molecule has 0 radical (unpaired) electrons. The SMILES string of the molecule is COCCOc1cccc(NC(=O)N2C[C@@H]3CCC[C@@]3(C(=O)O)C2)c1. The van der Waals surface area contributed by atoms with Crippen molar-refractivity contribution in [2.45, 2.75) is 19.3 Å². The number of urea groups is 1. The molecule has 1 aliphatic carbocycles. The van der Waals surface area contributed by atoms with E-state index in [1.807, 2.05) is 6.07 Å². The maximum Gasteiger partial charge on any atom is 0.321 e. The van der Waals surface area contributed by atoms with Crippen molar-refractivity contribution in [3.8, 4) is 5.75 Å². The number of carbonyl (C=O) groups is 2. The van der Waals surface area contributed by atoms with E-state index in [9.17, 15) is 14.7 Å². The van der Waals surface area contributed by atoms with Gasteiger partial charge in [0.25, 0.3) is 0 Å². The van der Waals surface area contributed by atoms with Gasteiger partial charge in [0.1, 0.15) is 12.4 Å². The number of carboxylic acids is 1. The number of nitrogens with one attached hydrogen (secondary N) is 1. The number of likely N-dealkylation sites (tertiary alicyclic amines) is 1. The molecule has 2 amide bonds. The lowest BCUT2D eigenvalue weighted by molar-refractivity contribution is -0.149. The van der Waals surface area contributed by atoms with E-state index in [0.29, 0.717) is 37.6 Å². The Morgan fingerprint density at radius 3 is 2.96 bits per heavy atom. The Kier molecular flexibility index (Phi) is 5.13. The van der Waals surface area contributed by atoms with Crippen LogP contribution in [0.2, 0.25) is 0 Å². The van der Waals surface area contributed by atoms with E-state index in [-0.39, 0.29) is 18.5 Å². The zero-order chi connectivity index (χ0) is 17.9. The van der Waals surface area contributed by atoms with Gasteiger partial charge in [0.2, 0.25) is 0 Å². The first-order chi connectivity index (χ1) is 12.0. The number of anilines is 1. The quantitative estimate of drug-likeness (QED) is 0.771. The van der Waals surface area contributed by atoms with E-state index in [2.05, 4.69) is 5.32 Å². The van der Waals surface area contributed by atoms with E-state index in [1.54, 1.807) is 30.2 Å². The zero-order valence-corrected chi connectivity index (χ0v) is 14.4. The molecular weight excluding hydrogens is 324 g/mol. The molecule has 1 heterocycles. The molecule has 1 saturated heterocycles. The van der Waals surface area contributed by atoms with Gasteiger partial charge in [0.05, 0.1) is 12.0 Å². The molecule has 7 nitrogen and oxygen atoms in total. The highest BCUT2D eigenvalue weighted by Crippen LogP contribution is 2.48. The predicted molar refractivity (Wildman–Crippen MR) is 91.8 cm³/mol. The normalized spacial score (nSPS) is 24.8. The van der Waals surface area contributed by atoms with Gasteiger partial charge in [-0.05, 0) is 30.9 Å². The fourth-order valence-corrected chi connectivity index (χ4v) is 3.90. The standard InChI is InChI=1S/C18H24N2O5/c1-24-8-9-25-15-6-2-5-14(10-15)19-17(23)20-11-13-4-3-7-18(13,12-20)16(21)22/h2,5-6,10,13H,3-4,7-9,11-12H2,1H3,(H,19,23)(H,21,22)/t13-,18+/m0/s1. The fourth-order valence-electron chi connectivity index (χ4n) is 3.90. The average Bonchev–Trinajstić information content (AvgIpc) is 3.14. The van der Waals surface area contributed by atoms with Crippen molar-refractivity contribution in [3.05, 3.63) is 24.3 Å². The first-order valence-corrected chi connectivity index (χ1v) is 8.56. The van der Waals surface area contributed by atoms with Crippen LogP contribution < -0.4 is 10.1 Å². The Labute approximate surface area is 146 Å². The number of fused-ring (bicyclic) bond motifs is 1. The second-order valence-corrected chi connectivity index (χ2v) is 6.73. The summed E-state index contributed by atoms with van der Waals surface area (Å²) in [4.78, 5) is 25.9. The summed E-state index contributed by atoms with van der Waals surface area (Å²) in [5.74, 6) is -0.0755. The summed E-state index contributed by atoms with van der Waals surface area (Å²) in [5.41, 5.74) is -0.135. The molecule has 25 heavy (non-hydrogen) atoms. The summed E-state index contributed by atoms with van der Waals surface area (Å²) in [7, 11) is 1.61. The van der Waals surface area contributed by atoms with E-state index >= 15 is 0 Å². The summed E-state index contributed by atoms with van der Waals surface area (Å²) in [6, 6.07) is 6.88. The van der Waals surface area contributed by atoms with E-state index in [1.165, 1.54) is 0 Å². The number of carbonyl (C=O) groups excluding carboxylic acids is 1. The summed E-state index contributed by atoms with van der Waals surface area (Å²) in [5, 5.41) is 12.5. The molecule has 1 aromatic rings. The summed E-state index contributed by atoms with van der Waals surface area (Å²) >= 11 is 0. The highest BCUT2D eigenvalue weighted by Gasteiger charge is 2.55. The van der Waals surface area contributed by atoms with Crippen LogP contribution in [0, 0.1) is 11.3 Å². The van der Waals surface area contributed by atoms with Gasteiger partial charge in [-0.3, -0.25) is 4.79 Å².